The molecule has 0 spiro atoms. The molecule has 0 aliphatic carbocycles. The van der Waals surface area contributed by atoms with Crippen LogP contribution in [0.2, 0.25) is 0 Å². The molecule has 0 radical (unpaired) electrons. The topological polar surface area (TPSA) is 122 Å². The van der Waals surface area contributed by atoms with E-state index in [4.69, 9.17) is 4.74 Å². The van der Waals surface area contributed by atoms with E-state index in [0.29, 0.717) is 28.7 Å². The van der Waals surface area contributed by atoms with Crippen LogP contribution < -0.4 is 26.0 Å². The van der Waals surface area contributed by atoms with Gasteiger partial charge in [-0.05, 0) is 6.07 Å². The zero-order chi connectivity index (χ0) is 22.0. The number of urea groups is 1. The lowest BCUT2D eigenvalue weighted by Crippen LogP contribution is -2.24. The van der Waals surface area contributed by atoms with Crippen molar-refractivity contribution in [1.82, 2.24) is 29.7 Å². The molecule has 0 aliphatic heterocycles. The van der Waals surface area contributed by atoms with Crippen LogP contribution in [-0.4, -0.2) is 51.6 Å². The van der Waals surface area contributed by atoms with E-state index >= 15 is 0 Å². The fraction of sp³-hybridized carbons (Fsp3) is 0.200. The van der Waals surface area contributed by atoms with Gasteiger partial charge < -0.3 is 26.0 Å². The molecule has 0 atom stereocenters. The smallest absolute Gasteiger partial charge is 0.319 e. The zero-order valence-electron chi connectivity index (χ0n) is 17.6. The number of nitrogens with one attached hydrogen (secondary N) is 4. The summed E-state index contributed by atoms with van der Waals surface area (Å²) in [5.41, 5.74) is 3.55. The minimum Gasteiger partial charge on any atom is -0.494 e. The van der Waals surface area contributed by atoms with E-state index in [9.17, 15) is 4.79 Å². The SMILES string of the molecule is CNC(=O)Nc1cnn2c(NC)cc(Nc3cccc(-c4cnn(C)c4)c3OC)nc12. The first kappa shape index (κ1) is 20.0. The van der Waals surface area contributed by atoms with Crippen molar-refractivity contribution in [2.24, 2.45) is 7.05 Å². The lowest BCUT2D eigenvalue weighted by atomic mass is 10.1. The second kappa shape index (κ2) is 8.22. The standard InChI is InChI=1S/C20H23N9O2/c1-21-17-8-16(27-19-15(10-24-29(17)19)26-20(30)22-2)25-14-7-5-6-13(18(14)31-4)12-9-23-28(3)11-12/h5-11,21H,1-4H3,(H,25,27)(H2,22,26,30). The van der Waals surface area contributed by atoms with Crippen LogP contribution in [0.4, 0.5) is 27.8 Å². The summed E-state index contributed by atoms with van der Waals surface area (Å²) in [5.74, 6) is 1.92. The highest BCUT2D eigenvalue weighted by Crippen LogP contribution is 2.37. The van der Waals surface area contributed by atoms with Gasteiger partial charge >= 0.3 is 6.03 Å². The van der Waals surface area contributed by atoms with E-state index in [0.717, 1.165) is 16.8 Å². The molecule has 3 heterocycles. The molecule has 0 saturated heterocycles. The summed E-state index contributed by atoms with van der Waals surface area (Å²) in [7, 11) is 6.82. The van der Waals surface area contributed by atoms with Crippen molar-refractivity contribution in [2.45, 2.75) is 0 Å². The Morgan fingerprint density at radius 3 is 2.65 bits per heavy atom. The molecule has 11 nitrogen and oxygen atoms in total. The Balaban J connectivity index is 1.76. The van der Waals surface area contributed by atoms with Crippen LogP contribution >= 0.6 is 0 Å². The number of benzene rings is 1. The van der Waals surface area contributed by atoms with Crippen LogP contribution in [0.15, 0.2) is 42.9 Å². The van der Waals surface area contributed by atoms with E-state index in [2.05, 4.69) is 36.4 Å². The molecule has 3 aromatic heterocycles. The molecule has 160 valence electrons. The molecule has 0 bridgehead atoms. The molecule has 4 N–H and O–H groups in total. The molecule has 4 aromatic rings. The summed E-state index contributed by atoms with van der Waals surface area (Å²) >= 11 is 0. The molecule has 2 amide bonds. The van der Waals surface area contributed by atoms with Crippen molar-refractivity contribution >= 4 is 34.7 Å². The van der Waals surface area contributed by atoms with Crippen LogP contribution in [0.5, 0.6) is 5.75 Å². The van der Waals surface area contributed by atoms with Gasteiger partial charge in [-0.3, -0.25) is 4.68 Å². The lowest BCUT2D eigenvalue weighted by Gasteiger charge is -2.15. The predicted octanol–water partition coefficient (Wildman–Crippen LogP) is 2.68. The Labute approximate surface area is 178 Å². The third-order valence-electron chi connectivity index (χ3n) is 4.70. The molecule has 0 aliphatic rings. The number of fused-ring (bicyclic) bond motifs is 1. The summed E-state index contributed by atoms with van der Waals surface area (Å²) in [6.07, 6.45) is 5.26. The van der Waals surface area contributed by atoms with Gasteiger partial charge in [0.1, 0.15) is 23.1 Å². The summed E-state index contributed by atoms with van der Waals surface area (Å²) in [6, 6.07) is 7.27. The van der Waals surface area contributed by atoms with Gasteiger partial charge in [0.15, 0.2) is 5.65 Å². The van der Waals surface area contributed by atoms with Gasteiger partial charge in [-0.2, -0.15) is 14.7 Å². The van der Waals surface area contributed by atoms with E-state index in [1.807, 2.05) is 37.5 Å². The van der Waals surface area contributed by atoms with E-state index in [1.54, 1.807) is 42.8 Å². The van der Waals surface area contributed by atoms with Gasteiger partial charge in [0.25, 0.3) is 0 Å². The summed E-state index contributed by atoms with van der Waals surface area (Å²) in [5, 5.41) is 20.2. The molecular formula is C20H23N9O2. The van der Waals surface area contributed by atoms with Crippen LogP contribution in [-0.2, 0) is 7.05 Å². The number of nitrogens with zero attached hydrogens (tertiary/aromatic N) is 5. The van der Waals surface area contributed by atoms with Gasteiger partial charge in [-0.15, -0.1) is 0 Å². The Bertz CT molecular complexity index is 1240. The molecule has 1 aromatic carbocycles. The van der Waals surface area contributed by atoms with E-state index in [-0.39, 0.29) is 6.03 Å². The predicted molar refractivity (Wildman–Crippen MR) is 119 cm³/mol. The van der Waals surface area contributed by atoms with Gasteiger partial charge in [0.2, 0.25) is 0 Å². The highest BCUT2D eigenvalue weighted by Gasteiger charge is 2.16. The first-order chi connectivity index (χ1) is 15.0. The molecule has 0 saturated carbocycles. The van der Waals surface area contributed by atoms with Crippen LogP contribution in [0, 0.1) is 0 Å². The number of carbonyl (C=O) groups is 1. The lowest BCUT2D eigenvalue weighted by molar-refractivity contribution is 0.254. The molecular weight excluding hydrogens is 398 g/mol. The largest absolute Gasteiger partial charge is 0.494 e. The third-order valence-corrected chi connectivity index (χ3v) is 4.70. The van der Waals surface area contributed by atoms with Crippen molar-refractivity contribution in [3.63, 3.8) is 0 Å². The minimum absolute atomic E-state index is 0.355. The maximum absolute atomic E-state index is 11.8. The number of amides is 2. The van der Waals surface area contributed by atoms with Crippen molar-refractivity contribution in [1.29, 1.82) is 0 Å². The number of hydrogen-bond donors (Lipinski definition) is 4. The average Bonchev–Trinajstić information content (AvgIpc) is 3.39. The second-order valence-corrected chi connectivity index (χ2v) is 6.69. The molecule has 0 unspecified atom stereocenters. The van der Waals surface area contributed by atoms with Crippen molar-refractivity contribution < 1.29 is 9.53 Å². The Kier molecular flexibility index (Phi) is 5.31. The highest BCUT2D eigenvalue weighted by molar-refractivity contribution is 5.93. The number of rotatable bonds is 6. The summed E-state index contributed by atoms with van der Waals surface area (Å²) < 4.78 is 9.06. The van der Waals surface area contributed by atoms with Gasteiger partial charge in [-0.25, -0.2) is 9.78 Å². The number of aromatic nitrogens is 5. The average molecular weight is 421 g/mol. The molecule has 11 heteroatoms. The van der Waals surface area contributed by atoms with Gasteiger partial charge in [-0.1, -0.05) is 12.1 Å². The van der Waals surface area contributed by atoms with Crippen molar-refractivity contribution in [3.05, 3.63) is 42.9 Å². The van der Waals surface area contributed by atoms with Crippen LogP contribution in [0.3, 0.4) is 0 Å². The summed E-state index contributed by atoms with van der Waals surface area (Å²) in [4.78, 5) is 16.4. The number of anilines is 4. The molecule has 31 heavy (non-hydrogen) atoms. The molecule has 0 fully saturated rings. The normalized spacial score (nSPS) is 10.7. The number of aryl methyl sites for hydroxylation is 1. The number of methoxy groups -OCH3 is 1. The number of ether oxygens (including phenoxy) is 1. The third kappa shape index (κ3) is 3.80. The zero-order valence-corrected chi connectivity index (χ0v) is 17.6. The van der Waals surface area contributed by atoms with Crippen molar-refractivity contribution in [3.8, 4) is 16.9 Å². The second-order valence-electron chi connectivity index (χ2n) is 6.69. The fourth-order valence-corrected chi connectivity index (χ4v) is 3.26. The summed E-state index contributed by atoms with van der Waals surface area (Å²) in [6.45, 7) is 0. The number of hydrogen-bond acceptors (Lipinski definition) is 7. The minimum atomic E-state index is -0.355. The van der Waals surface area contributed by atoms with Crippen LogP contribution in [0.1, 0.15) is 0 Å². The first-order valence-electron chi connectivity index (χ1n) is 9.52. The van der Waals surface area contributed by atoms with E-state index < -0.39 is 0 Å². The van der Waals surface area contributed by atoms with E-state index in [1.165, 1.54) is 0 Å². The Morgan fingerprint density at radius 2 is 1.97 bits per heavy atom. The van der Waals surface area contributed by atoms with Gasteiger partial charge in [0.05, 0.1) is 25.2 Å². The fourth-order valence-electron chi connectivity index (χ4n) is 3.26. The number of carbonyl (C=O) groups excluding carboxylic acids is 1. The first-order valence-corrected chi connectivity index (χ1v) is 9.52. The number of para-hydroxylation sites is 1. The maximum Gasteiger partial charge on any atom is 0.319 e. The van der Waals surface area contributed by atoms with Crippen molar-refractivity contribution in [2.75, 3.05) is 37.2 Å². The Morgan fingerprint density at radius 1 is 1.13 bits per heavy atom. The maximum atomic E-state index is 11.8. The Hall–Kier alpha value is -4.28. The quantitative estimate of drug-likeness (QED) is 0.377. The van der Waals surface area contributed by atoms with Crippen LogP contribution in [0.25, 0.3) is 16.8 Å². The van der Waals surface area contributed by atoms with Gasteiger partial charge in [0, 0.05) is 44.5 Å². The molecule has 4 rings (SSSR count). The monoisotopic (exact) mass is 421 g/mol. The highest BCUT2D eigenvalue weighted by atomic mass is 16.5.